The number of hydrogen-bond acceptors (Lipinski definition) is 3. The van der Waals surface area contributed by atoms with Gasteiger partial charge in [-0.15, -0.1) is 0 Å². The van der Waals surface area contributed by atoms with Gasteiger partial charge in [0.15, 0.2) is 5.79 Å². The van der Waals surface area contributed by atoms with Crippen LogP contribution in [0.4, 0.5) is 0 Å². The molecule has 3 rings (SSSR count). The molecule has 16 heavy (non-hydrogen) atoms. The fourth-order valence-electron chi connectivity index (χ4n) is 4.21. The van der Waals surface area contributed by atoms with E-state index in [2.05, 4.69) is 13.8 Å². The van der Waals surface area contributed by atoms with E-state index in [1.165, 1.54) is 0 Å². The van der Waals surface area contributed by atoms with E-state index in [1.54, 1.807) is 0 Å². The quantitative estimate of drug-likeness (QED) is 0.687. The molecular formula is C13H22O3. The molecule has 0 unspecified atom stereocenters. The SMILES string of the molecule is CC1(C)CC2(CCC13OCCO3)CC(O)C2. The summed E-state index contributed by atoms with van der Waals surface area (Å²) < 4.78 is 11.8. The largest absolute Gasteiger partial charge is 0.393 e. The van der Waals surface area contributed by atoms with Gasteiger partial charge >= 0.3 is 0 Å². The van der Waals surface area contributed by atoms with Gasteiger partial charge < -0.3 is 14.6 Å². The van der Waals surface area contributed by atoms with Gasteiger partial charge in [-0.1, -0.05) is 13.8 Å². The van der Waals surface area contributed by atoms with Gasteiger partial charge in [0.25, 0.3) is 0 Å². The smallest absolute Gasteiger partial charge is 0.173 e. The van der Waals surface area contributed by atoms with Gasteiger partial charge in [0.05, 0.1) is 19.3 Å². The lowest BCUT2D eigenvalue weighted by molar-refractivity contribution is -0.274. The number of ether oxygens (including phenoxy) is 2. The molecule has 2 spiro atoms. The normalized spacial score (nSPS) is 44.8. The zero-order valence-corrected chi connectivity index (χ0v) is 10.3. The number of aliphatic hydroxyl groups is 1. The Labute approximate surface area is 97.1 Å². The Balaban J connectivity index is 1.79. The highest BCUT2D eigenvalue weighted by Crippen LogP contribution is 2.61. The fraction of sp³-hybridized carbons (Fsp3) is 1.00. The molecule has 0 atom stereocenters. The molecule has 0 amide bonds. The molecule has 0 aromatic heterocycles. The predicted octanol–water partition coefficient (Wildman–Crippen LogP) is 2.08. The van der Waals surface area contributed by atoms with Crippen LogP contribution in [-0.4, -0.2) is 30.2 Å². The molecule has 1 heterocycles. The van der Waals surface area contributed by atoms with E-state index in [-0.39, 0.29) is 17.3 Å². The minimum atomic E-state index is -0.335. The van der Waals surface area contributed by atoms with Crippen LogP contribution in [0.2, 0.25) is 0 Å². The van der Waals surface area contributed by atoms with Crippen molar-refractivity contribution < 1.29 is 14.6 Å². The third kappa shape index (κ3) is 1.38. The summed E-state index contributed by atoms with van der Waals surface area (Å²) in [5.74, 6) is -0.335. The Morgan fingerprint density at radius 2 is 1.69 bits per heavy atom. The lowest BCUT2D eigenvalue weighted by atomic mass is 9.52. The van der Waals surface area contributed by atoms with E-state index in [4.69, 9.17) is 9.47 Å². The second kappa shape index (κ2) is 3.21. The molecular weight excluding hydrogens is 204 g/mol. The first kappa shape index (κ1) is 11.0. The molecule has 0 aromatic carbocycles. The first-order valence-electron chi connectivity index (χ1n) is 6.43. The lowest BCUT2D eigenvalue weighted by Crippen LogP contribution is -2.57. The van der Waals surface area contributed by atoms with Crippen molar-refractivity contribution in [3.05, 3.63) is 0 Å². The second-order valence-electron chi connectivity index (χ2n) is 6.57. The van der Waals surface area contributed by atoms with Crippen molar-refractivity contribution in [2.24, 2.45) is 10.8 Å². The van der Waals surface area contributed by atoms with Crippen molar-refractivity contribution in [2.75, 3.05) is 13.2 Å². The summed E-state index contributed by atoms with van der Waals surface area (Å²) in [4.78, 5) is 0. The highest BCUT2D eigenvalue weighted by molar-refractivity contribution is 5.06. The predicted molar refractivity (Wildman–Crippen MR) is 59.9 cm³/mol. The highest BCUT2D eigenvalue weighted by Gasteiger charge is 2.60. The average molecular weight is 226 g/mol. The Morgan fingerprint density at radius 3 is 2.19 bits per heavy atom. The van der Waals surface area contributed by atoms with Gasteiger partial charge in [0.2, 0.25) is 0 Å². The molecule has 92 valence electrons. The van der Waals surface area contributed by atoms with Crippen LogP contribution in [0.3, 0.4) is 0 Å². The highest BCUT2D eigenvalue weighted by atomic mass is 16.7. The maximum Gasteiger partial charge on any atom is 0.173 e. The lowest BCUT2D eigenvalue weighted by Gasteiger charge is -2.58. The Hall–Kier alpha value is -0.120. The third-order valence-corrected chi connectivity index (χ3v) is 4.92. The van der Waals surface area contributed by atoms with Gasteiger partial charge in [0, 0.05) is 11.8 Å². The van der Waals surface area contributed by atoms with Crippen LogP contribution >= 0.6 is 0 Å². The monoisotopic (exact) mass is 226 g/mol. The van der Waals surface area contributed by atoms with Crippen LogP contribution in [0.5, 0.6) is 0 Å². The van der Waals surface area contributed by atoms with Crippen molar-refractivity contribution >= 4 is 0 Å². The molecule has 3 nitrogen and oxygen atoms in total. The summed E-state index contributed by atoms with van der Waals surface area (Å²) in [5, 5.41) is 9.53. The van der Waals surface area contributed by atoms with Crippen LogP contribution in [0.1, 0.15) is 46.0 Å². The minimum Gasteiger partial charge on any atom is -0.393 e. The van der Waals surface area contributed by atoms with E-state index in [1.807, 2.05) is 0 Å². The molecule has 3 aliphatic rings. The Bertz CT molecular complexity index is 286. The van der Waals surface area contributed by atoms with Crippen LogP contribution in [-0.2, 0) is 9.47 Å². The van der Waals surface area contributed by atoms with E-state index in [0.29, 0.717) is 5.41 Å². The molecule has 1 aliphatic heterocycles. The molecule has 0 radical (unpaired) electrons. The van der Waals surface area contributed by atoms with Crippen molar-refractivity contribution in [1.29, 1.82) is 0 Å². The first-order chi connectivity index (χ1) is 7.47. The standard InChI is InChI=1S/C13H22O3/c1-11(2)9-12(7-10(14)8-12)3-4-13(11)15-5-6-16-13/h10,14H,3-9H2,1-2H3. The maximum absolute atomic E-state index is 9.53. The van der Waals surface area contributed by atoms with Gasteiger partial charge in [0.1, 0.15) is 0 Å². The Morgan fingerprint density at radius 1 is 1.06 bits per heavy atom. The summed E-state index contributed by atoms with van der Waals surface area (Å²) >= 11 is 0. The van der Waals surface area contributed by atoms with Crippen LogP contribution < -0.4 is 0 Å². The van der Waals surface area contributed by atoms with E-state index >= 15 is 0 Å². The molecule has 0 aromatic rings. The molecule has 1 N–H and O–H groups in total. The Kier molecular flexibility index (Phi) is 2.21. The second-order valence-corrected chi connectivity index (χ2v) is 6.57. The molecule has 0 bridgehead atoms. The van der Waals surface area contributed by atoms with Crippen LogP contribution in [0.15, 0.2) is 0 Å². The summed E-state index contributed by atoms with van der Waals surface area (Å²) in [6.07, 6.45) is 5.16. The van der Waals surface area contributed by atoms with Gasteiger partial charge in [-0.25, -0.2) is 0 Å². The third-order valence-electron chi connectivity index (χ3n) is 4.92. The fourth-order valence-corrected chi connectivity index (χ4v) is 4.21. The van der Waals surface area contributed by atoms with E-state index < -0.39 is 0 Å². The first-order valence-corrected chi connectivity index (χ1v) is 6.43. The number of aliphatic hydroxyl groups excluding tert-OH is 1. The topological polar surface area (TPSA) is 38.7 Å². The maximum atomic E-state index is 9.53. The van der Waals surface area contributed by atoms with Crippen molar-refractivity contribution in [1.82, 2.24) is 0 Å². The molecule has 1 saturated heterocycles. The van der Waals surface area contributed by atoms with Gasteiger partial charge in [-0.3, -0.25) is 0 Å². The van der Waals surface area contributed by atoms with Crippen molar-refractivity contribution in [3.63, 3.8) is 0 Å². The molecule has 3 fully saturated rings. The van der Waals surface area contributed by atoms with Crippen molar-refractivity contribution in [3.8, 4) is 0 Å². The van der Waals surface area contributed by atoms with Crippen LogP contribution in [0.25, 0.3) is 0 Å². The minimum absolute atomic E-state index is 0.0599. The summed E-state index contributed by atoms with van der Waals surface area (Å²) in [6.45, 7) is 5.98. The zero-order valence-electron chi connectivity index (χ0n) is 10.3. The molecule has 2 aliphatic carbocycles. The molecule has 2 saturated carbocycles. The summed E-state index contributed by atoms with van der Waals surface area (Å²) in [6, 6.07) is 0. The average Bonchev–Trinajstić information content (AvgIpc) is 2.59. The number of hydrogen-bond donors (Lipinski definition) is 1. The van der Waals surface area contributed by atoms with Crippen molar-refractivity contribution in [2.45, 2.75) is 57.8 Å². The molecule has 3 heteroatoms. The van der Waals surface area contributed by atoms with Gasteiger partial charge in [-0.2, -0.15) is 0 Å². The summed E-state index contributed by atoms with van der Waals surface area (Å²) in [7, 11) is 0. The van der Waals surface area contributed by atoms with Gasteiger partial charge in [-0.05, 0) is 31.1 Å². The van der Waals surface area contributed by atoms with Crippen LogP contribution in [0, 0.1) is 10.8 Å². The zero-order chi connectivity index (χ0) is 11.4. The summed E-state index contributed by atoms with van der Waals surface area (Å²) in [5.41, 5.74) is 0.450. The van der Waals surface area contributed by atoms with E-state index in [0.717, 1.165) is 45.3 Å². The number of rotatable bonds is 0. The van der Waals surface area contributed by atoms with E-state index in [9.17, 15) is 5.11 Å².